The third-order valence-electron chi connectivity index (χ3n) is 5.39. The van der Waals surface area contributed by atoms with Gasteiger partial charge < -0.3 is 10.1 Å². The zero-order valence-electron chi connectivity index (χ0n) is 20.2. The maximum Gasteiger partial charge on any atom is 0.416 e. The molecule has 0 aliphatic heterocycles. The molecule has 3 rings (SSSR count). The van der Waals surface area contributed by atoms with Gasteiger partial charge in [0.2, 0.25) is 5.91 Å². The summed E-state index contributed by atoms with van der Waals surface area (Å²) in [6, 6.07) is 13.0. The Bertz CT molecular complexity index is 1120. The van der Waals surface area contributed by atoms with Gasteiger partial charge in [-0.1, -0.05) is 18.2 Å². The predicted octanol–water partition coefficient (Wildman–Crippen LogP) is 6.51. The second-order valence-corrected chi connectivity index (χ2v) is 9.61. The third-order valence-corrected chi connectivity index (χ3v) is 6.33. The smallest absolute Gasteiger partial charge is 0.416 e. The molecule has 0 saturated carbocycles. The monoisotopic (exact) mass is 505 g/mol. The average Bonchev–Trinajstić information content (AvgIpc) is 3.24. The van der Waals surface area contributed by atoms with Crippen molar-refractivity contribution in [3.8, 4) is 16.3 Å². The van der Waals surface area contributed by atoms with Gasteiger partial charge in [0.25, 0.3) is 0 Å². The highest BCUT2D eigenvalue weighted by molar-refractivity contribution is 7.13. The Morgan fingerprint density at radius 3 is 2.49 bits per heavy atom. The van der Waals surface area contributed by atoms with Crippen molar-refractivity contribution in [3.05, 3.63) is 65.2 Å². The number of rotatable bonds is 10. The molecule has 9 heteroatoms. The maximum absolute atomic E-state index is 13.0. The zero-order valence-corrected chi connectivity index (χ0v) is 21.0. The molecule has 0 saturated heterocycles. The Kier molecular flexibility index (Phi) is 8.91. The molecule has 3 aromatic rings. The summed E-state index contributed by atoms with van der Waals surface area (Å²) < 4.78 is 44.8. The first-order valence-electron chi connectivity index (χ1n) is 11.4. The van der Waals surface area contributed by atoms with E-state index in [9.17, 15) is 18.0 Å². The van der Waals surface area contributed by atoms with Gasteiger partial charge in [0, 0.05) is 41.3 Å². The lowest BCUT2D eigenvalue weighted by Gasteiger charge is -2.30. The van der Waals surface area contributed by atoms with E-state index < -0.39 is 11.7 Å². The molecule has 0 atom stereocenters. The van der Waals surface area contributed by atoms with Gasteiger partial charge in [-0.2, -0.15) is 13.2 Å². The Balaban J connectivity index is 1.57. The number of carbonyl (C=O) groups is 1. The van der Waals surface area contributed by atoms with Crippen LogP contribution in [-0.2, 0) is 17.4 Å². The number of thiazole rings is 1. The first-order valence-corrected chi connectivity index (χ1v) is 12.3. The number of halogens is 3. The third kappa shape index (κ3) is 7.80. The molecular weight excluding hydrogens is 475 g/mol. The molecule has 2 aromatic carbocycles. The molecule has 0 bridgehead atoms. The largest absolute Gasteiger partial charge is 0.492 e. The van der Waals surface area contributed by atoms with E-state index in [4.69, 9.17) is 4.74 Å². The second kappa shape index (κ2) is 11.7. The maximum atomic E-state index is 13.0. The van der Waals surface area contributed by atoms with E-state index in [1.807, 2.05) is 12.1 Å². The van der Waals surface area contributed by atoms with E-state index in [2.05, 4.69) is 42.9 Å². The number of anilines is 1. The molecule has 0 radical (unpaired) electrons. The van der Waals surface area contributed by atoms with E-state index in [0.717, 1.165) is 18.7 Å². The molecule has 1 N–H and O–H groups in total. The summed E-state index contributed by atoms with van der Waals surface area (Å²) in [6.45, 7) is 9.94. The molecule has 0 spiro atoms. The molecule has 0 aliphatic rings. The Hall–Kier alpha value is -2.91. The Morgan fingerprint density at radius 1 is 1.09 bits per heavy atom. The summed E-state index contributed by atoms with van der Waals surface area (Å²) >= 11 is 1.21. The minimum atomic E-state index is -4.42. The second-order valence-electron chi connectivity index (χ2n) is 8.75. The average molecular weight is 506 g/mol. The van der Waals surface area contributed by atoms with Crippen molar-refractivity contribution < 1.29 is 22.7 Å². The van der Waals surface area contributed by atoms with Gasteiger partial charge in [-0.25, -0.2) is 4.98 Å². The summed E-state index contributed by atoms with van der Waals surface area (Å²) in [5, 5.41) is 4.95. The lowest BCUT2D eigenvalue weighted by molar-refractivity contribution is -0.137. The van der Waals surface area contributed by atoms with Crippen LogP contribution in [-0.4, -0.2) is 41.0 Å². The van der Waals surface area contributed by atoms with Crippen LogP contribution in [0, 0.1) is 0 Å². The Labute approximate surface area is 208 Å². The van der Waals surface area contributed by atoms with Crippen molar-refractivity contribution in [2.24, 2.45) is 0 Å². The van der Waals surface area contributed by atoms with Crippen LogP contribution in [0.1, 0.15) is 39.0 Å². The lowest BCUT2D eigenvalue weighted by atomic mass is 10.1. The molecule has 188 valence electrons. The molecule has 1 amide bonds. The first-order chi connectivity index (χ1) is 16.5. The van der Waals surface area contributed by atoms with E-state index in [1.54, 1.807) is 23.6 Å². The van der Waals surface area contributed by atoms with Crippen molar-refractivity contribution in [1.29, 1.82) is 0 Å². The molecule has 1 heterocycles. The Morgan fingerprint density at radius 2 is 1.80 bits per heavy atom. The summed E-state index contributed by atoms with van der Waals surface area (Å²) in [5.74, 6) is 0.393. The van der Waals surface area contributed by atoms with Crippen molar-refractivity contribution in [2.75, 3.05) is 18.5 Å². The summed E-state index contributed by atoms with van der Waals surface area (Å²) in [7, 11) is 0. The number of hydrogen-bond donors (Lipinski definition) is 1. The van der Waals surface area contributed by atoms with E-state index >= 15 is 0 Å². The van der Waals surface area contributed by atoms with Crippen LogP contribution >= 0.6 is 11.3 Å². The molecule has 0 fully saturated rings. The van der Waals surface area contributed by atoms with Gasteiger partial charge in [-0.05, 0) is 52.0 Å². The number of aromatic nitrogens is 1. The topological polar surface area (TPSA) is 54.5 Å². The van der Waals surface area contributed by atoms with Gasteiger partial charge in [-0.3, -0.25) is 9.69 Å². The molecule has 35 heavy (non-hydrogen) atoms. The van der Waals surface area contributed by atoms with Gasteiger partial charge in [0.05, 0.1) is 17.7 Å². The van der Waals surface area contributed by atoms with E-state index in [-0.39, 0.29) is 12.3 Å². The van der Waals surface area contributed by atoms with Crippen LogP contribution in [0.4, 0.5) is 18.9 Å². The van der Waals surface area contributed by atoms with Crippen molar-refractivity contribution in [3.63, 3.8) is 0 Å². The highest BCUT2D eigenvalue weighted by atomic mass is 32.1. The molecular formula is C26H30F3N3O2S. The van der Waals surface area contributed by atoms with Gasteiger partial charge in [0.1, 0.15) is 17.4 Å². The van der Waals surface area contributed by atoms with E-state index in [1.165, 1.54) is 17.4 Å². The number of nitrogens with one attached hydrogen (secondary N) is 1. The fourth-order valence-electron chi connectivity index (χ4n) is 3.76. The lowest BCUT2D eigenvalue weighted by Crippen LogP contribution is -2.39. The van der Waals surface area contributed by atoms with Crippen LogP contribution < -0.4 is 10.1 Å². The SMILES string of the molecule is CC(C)N(CCOc1cccc(NC(=O)Cc2csc(-c3cccc(C(F)(F)F)c3)n2)c1)C(C)C. The minimum Gasteiger partial charge on any atom is -0.492 e. The first kappa shape index (κ1) is 26.7. The van der Waals surface area contributed by atoms with Crippen LogP contribution in [0.3, 0.4) is 0 Å². The predicted molar refractivity (Wildman–Crippen MR) is 134 cm³/mol. The summed E-state index contributed by atoms with van der Waals surface area (Å²) in [4.78, 5) is 19.2. The minimum absolute atomic E-state index is 0.0122. The molecule has 0 aliphatic carbocycles. The quantitative estimate of drug-likeness (QED) is 0.341. The number of benzene rings is 2. The molecule has 0 unspecified atom stereocenters. The summed E-state index contributed by atoms with van der Waals surface area (Å²) in [5.41, 5.74) is 0.739. The number of carbonyl (C=O) groups excluding carboxylic acids is 1. The fourth-order valence-corrected chi connectivity index (χ4v) is 4.58. The molecule has 5 nitrogen and oxygen atoms in total. The van der Waals surface area contributed by atoms with Crippen molar-refractivity contribution in [1.82, 2.24) is 9.88 Å². The van der Waals surface area contributed by atoms with Gasteiger partial charge >= 0.3 is 6.18 Å². The van der Waals surface area contributed by atoms with E-state index in [0.29, 0.717) is 46.4 Å². The van der Waals surface area contributed by atoms with Crippen LogP contribution in [0.2, 0.25) is 0 Å². The number of amides is 1. The number of nitrogens with zero attached hydrogens (tertiary/aromatic N) is 2. The number of hydrogen-bond acceptors (Lipinski definition) is 5. The van der Waals surface area contributed by atoms with Gasteiger partial charge in [-0.15, -0.1) is 11.3 Å². The zero-order chi connectivity index (χ0) is 25.6. The van der Waals surface area contributed by atoms with Crippen molar-refractivity contribution >= 4 is 22.9 Å². The van der Waals surface area contributed by atoms with Crippen LogP contribution in [0.15, 0.2) is 53.9 Å². The van der Waals surface area contributed by atoms with Gasteiger partial charge in [0.15, 0.2) is 0 Å². The molecule has 1 aromatic heterocycles. The number of alkyl halides is 3. The van der Waals surface area contributed by atoms with Crippen molar-refractivity contribution in [2.45, 2.75) is 52.4 Å². The summed E-state index contributed by atoms with van der Waals surface area (Å²) in [6.07, 6.45) is -4.41. The van der Waals surface area contributed by atoms with Crippen LogP contribution in [0.25, 0.3) is 10.6 Å². The normalized spacial score (nSPS) is 11.9. The highest BCUT2D eigenvalue weighted by Gasteiger charge is 2.30. The van der Waals surface area contributed by atoms with Crippen LogP contribution in [0.5, 0.6) is 5.75 Å². The number of ether oxygens (including phenoxy) is 1. The fraction of sp³-hybridized carbons (Fsp3) is 0.385. The highest BCUT2D eigenvalue weighted by Crippen LogP contribution is 2.33. The standard InChI is InChI=1S/C26H30F3N3O2S/c1-17(2)32(18(3)4)11-12-34-23-10-6-9-21(14-23)30-24(33)15-22-16-35-25(31-22)19-7-5-8-20(13-19)26(27,28)29/h5-10,13-14,16-18H,11-12,15H2,1-4H3,(H,30,33).